The lowest BCUT2D eigenvalue weighted by Gasteiger charge is -2.28. The van der Waals surface area contributed by atoms with Crippen molar-refractivity contribution < 1.29 is 13.2 Å². The van der Waals surface area contributed by atoms with Crippen LogP contribution in [0.2, 0.25) is 0 Å². The molecule has 0 aliphatic heterocycles. The van der Waals surface area contributed by atoms with Gasteiger partial charge in [-0.1, -0.05) is 28.3 Å². The zero-order valence-corrected chi connectivity index (χ0v) is 13.8. The van der Waals surface area contributed by atoms with Crippen LogP contribution in [-0.4, -0.2) is 36.4 Å². The van der Waals surface area contributed by atoms with Gasteiger partial charge in [-0.2, -0.15) is 0 Å². The van der Waals surface area contributed by atoms with E-state index in [1.807, 2.05) is 0 Å². The first-order valence-electron chi connectivity index (χ1n) is 8.23. The Balaban J connectivity index is 2.12. The molecule has 1 aromatic heterocycles. The van der Waals surface area contributed by atoms with E-state index in [9.17, 15) is 13.2 Å². The third-order valence-electron chi connectivity index (χ3n) is 5.22. The summed E-state index contributed by atoms with van der Waals surface area (Å²) < 4.78 is 42.2. The van der Waals surface area contributed by atoms with Gasteiger partial charge >= 0.3 is 0 Å². The van der Waals surface area contributed by atoms with Crippen LogP contribution in [0.3, 0.4) is 0 Å². The third-order valence-corrected chi connectivity index (χ3v) is 5.22. The van der Waals surface area contributed by atoms with Gasteiger partial charge in [-0.15, -0.1) is 0 Å². The zero-order chi connectivity index (χ0) is 18.7. The Morgan fingerprint density at radius 2 is 1.50 bits per heavy atom. The lowest BCUT2D eigenvalue weighted by Crippen LogP contribution is -2.46. The van der Waals surface area contributed by atoms with Gasteiger partial charge in [0.1, 0.15) is 48.8 Å². The molecule has 1 saturated carbocycles. The average Bonchev–Trinajstić information content (AvgIpc) is 2.89. The van der Waals surface area contributed by atoms with Gasteiger partial charge in [0, 0.05) is 17.1 Å². The molecule has 2 aromatic carbocycles. The number of nitrogens with one attached hydrogen (secondary N) is 1. The predicted molar refractivity (Wildman–Crippen MR) is 102 cm³/mol. The monoisotopic (exact) mass is 341 g/mol. The van der Waals surface area contributed by atoms with E-state index >= 15 is 0 Å². The molecule has 8 heteroatoms. The highest BCUT2D eigenvalue weighted by Gasteiger charge is 2.29. The Morgan fingerprint density at radius 3 is 2.04 bits per heavy atom. The summed E-state index contributed by atoms with van der Waals surface area (Å²) >= 11 is 0. The highest BCUT2D eigenvalue weighted by atomic mass is 19.1. The number of hydrogen-bond acceptors (Lipinski definition) is 0. The van der Waals surface area contributed by atoms with Gasteiger partial charge in [0.2, 0.25) is 0 Å². The molecule has 1 fully saturated rings. The van der Waals surface area contributed by atoms with Crippen molar-refractivity contribution in [2.24, 2.45) is 0 Å². The van der Waals surface area contributed by atoms with Gasteiger partial charge in [0.05, 0.1) is 5.52 Å². The fraction of sp³-hybridized carbons (Fsp3) is 0.222. The summed E-state index contributed by atoms with van der Waals surface area (Å²) in [5.41, 5.74) is 0.663. The minimum atomic E-state index is -0.887. The third kappa shape index (κ3) is 2.38. The van der Waals surface area contributed by atoms with Crippen LogP contribution in [0.1, 0.15) is 30.7 Å². The standard InChI is InChI=1S/C18H10B4F3N/c19-12-11(13(20)15(22)16(25)14(12)21)18-10(6-2-1-3-6)8-4-7(23)5-9(24)17(8)26-18/h4-6,26H,1-3H2. The van der Waals surface area contributed by atoms with Crippen molar-refractivity contribution in [3.63, 3.8) is 0 Å². The summed E-state index contributed by atoms with van der Waals surface area (Å²) in [4.78, 5) is 2.95. The average molecular weight is 341 g/mol. The summed E-state index contributed by atoms with van der Waals surface area (Å²) in [6.45, 7) is 0. The first kappa shape index (κ1) is 17.4. The van der Waals surface area contributed by atoms with Crippen LogP contribution in [0.5, 0.6) is 0 Å². The van der Waals surface area contributed by atoms with E-state index < -0.39 is 17.5 Å². The Morgan fingerprint density at radius 1 is 0.885 bits per heavy atom. The Labute approximate surface area is 154 Å². The second-order valence-corrected chi connectivity index (χ2v) is 6.70. The second-order valence-electron chi connectivity index (χ2n) is 6.70. The lowest BCUT2D eigenvalue weighted by molar-refractivity contribution is 0.423. The number of H-pyrrole nitrogens is 1. The summed E-state index contributed by atoms with van der Waals surface area (Å²) in [5.74, 6) is -2.21. The minimum Gasteiger partial charge on any atom is -0.352 e. The highest BCUT2D eigenvalue weighted by molar-refractivity contribution is 6.59. The summed E-state index contributed by atoms with van der Waals surface area (Å²) in [6, 6.07) is 2.07. The molecular weight excluding hydrogens is 330 g/mol. The molecule has 3 aromatic rings. The van der Waals surface area contributed by atoms with Gasteiger partial charge in [-0.3, -0.25) is 0 Å². The molecule has 0 atom stereocenters. The minimum absolute atomic E-state index is 0.0813. The molecule has 0 amide bonds. The topological polar surface area (TPSA) is 15.8 Å². The number of aromatic nitrogens is 1. The first-order chi connectivity index (χ1) is 12.3. The van der Waals surface area contributed by atoms with Crippen molar-refractivity contribution in [3.05, 3.63) is 35.1 Å². The van der Waals surface area contributed by atoms with Crippen molar-refractivity contribution in [1.82, 2.24) is 4.98 Å². The Kier molecular flexibility index (Phi) is 4.05. The van der Waals surface area contributed by atoms with E-state index in [1.165, 1.54) is 6.07 Å². The van der Waals surface area contributed by atoms with Crippen LogP contribution >= 0.6 is 0 Å². The molecule has 1 nitrogen and oxygen atoms in total. The van der Waals surface area contributed by atoms with Crippen molar-refractivity contribution >= 4 is 64.1 Å². The van der Waals surface area contributed by atoms with Crippen LogP contribution in [0, 0.1) is 17.5 Å². The van der Waals surface area contributed by atoms with Crippen LogP contribution < -0.4 is 21.9 Å². The molecule has 0 unspecified atom stereocenters. The predicted octanol–water partition coefficient (Wildman–Crippen LogP) is 0.695. The quantitative estimate of drug-likeness (QED) is 0.661. The maximum absolute atomic E-state index is 14.3. The normalized spacial score (nSPS) is 14.7. The molecule has 1 heterocycles. The van der Waals surface area contributed by atoms with Crippen LogP contribution in [-0.2, 0) is 0 Å². The van der Waals surface area contributed by atoms with Gasteiger partial charge < -0.3 is 4.98 Å². The number of halogens is 3. The van der Waals surface area contributed by atoms with Crippen LogP contribution in [0.25, 0.3) is 22.2 Å². The fourth-order valence-electron chi connectivity index (χ4n) is 3.62. The zero-order valence-electron chi connectivity index (χ0n) is 13.8. The highest BCUT2D eigenvalue weighted by Crippen LogP contribution is 2.44. The second kappa shape index (κ2) is 6.04. The van der Waals surface area contributed by atoms with Gasteiger partial charge in [0.15, 0.2) is 0 Å². The summed E-state index contributed by atoms with van der Waals surface area (Å²) in [6.07, 6.45) is 2.74. The molecule has 0 bridgehead atoms. The molecule has 8 radical (unpaired) electrons. The van der Waals surface area contributed by atoms with E-state index in [0.29, 0.717) is 16.6 Å². The largest absolute Gasteiger partial charge is 0.352 e. The van der Waals surface area contributed by atoms with Gasteiger partial charge in [-0.25, -0.2) is 13.2 Å². The maximum Gasteiger partial charge on any atom is 0.150 e. The number of fused-ring (bicyclic) bond motifs is 1. The van der Waals surface area contributed by atoms with Gasteiger partial charge in [-0.05, 0) is 36.0 Å². The molecule has 1 N–H and O–H groups in total. The Hall–Kier alpha value is -1.97. The number of benzene rings is 2. The summed E-state index contributed by atoms with van der Waals surface area (Å²) in [5, 5.41) is 0.419. The smallest absolute Gasteiger partial charge is 0.150 e. The molecule has 1 aliphatic carbocycles. The molecule has 26 heavy (non-hydrogen) atoms. The molecule has 4 rings (SSSR count). The molecule has 0 spiro atoms. The van der Waals surface area contributed by atoms with E-state index in [-0.39, 0.29) is 38.8 Å². The van der Waals surface area contributed by atoms with Crippen molar-refractivity contribution in [2.75, 3.05) is 0 Å². The molecule has 120 valence electrons. The maximum atomic E-state index is 14.3. The molecule has 0 saturated heterocycles. The molecule has 1 aliphatic rings. The first-order valence-corrected chi connectivity index (χ1v) is 8.23. The van der Waals surface area contributed by atoms with Crippen LogP contribution in [0.15, 0.2) is 12.1 Å². The van der Waals surface area contributed by atoms with E-state index in [2.05, 4.69) is 4.98 Å². The Bertz CT molecular complexity index is 1030. The van der Waals surface area contributed by atoms with Crippen LogP contribution in [0.4, 0.5) is 13.2 Å². The molecular formula is C18H10B4F3N. The van der Waals surface area contributed by atoms with E-state index in [0.717, 1.165) is 25.3 Å². The number of hydrogen-bond donors (Lipinski definition) is 1. The lowest BCUT2D eigenvalue weighted by atomic mass is 9.65. The number of aromatic amines is 1. The SMILES string of the molecule is [B]c1c([B])c(-c2[nH]c3c(F)cc(F)cc3c2C2CCC2)c([B])c([B])c1F. The van der Waals surface area contributed by atoms with Gasteiger partial charge in [0.25, 0.3) is 0 Å². The fourth-order valence-corrected chi connectivity index (χ4v) is 3.62. The summed E-state index contributed by atoms with van der Waals surface area (Å²) in [7, 11) is 23.5. The van der Waals surface area contributed by atoms with Crippen molar-refractivity contribution in [2.45, 2.75) is 25.2 Å². The van der Waals surface area contributed by atoms with E-state index in [1.54, 1.807) is 0 Å². The number of rotatable bonds is 2. The van der Waals surface area contributed by atoms with E-state index in [4.69, 9.17) is 31.4 Å². The van der Waals surface area contributed by atoms with Crippen molar-refractivity contribution in [1.29, 1.82) is 0 Å². The van der Waals surface area contributed by atoms with Crippen molar-refractivity contribution in [3.8, 4) is 11.3 Å².